The lowest BCUT2D eigenvalue weighted by Gasteiger charge is -2.33. The maximum absolute atomic E-state index is 13.1. The monoisotopic (exact) mass is 548 g/mol. The van der Waals surface area contributed by atoms with Crippen LogP contribution >= 0.6 is 0 Å². The molecule has 9 fully saturated rings. The lowest BCUT2D eigenvalue weighted by atomic mass is 9.86. The predicted octanol–water partition coefficient (Wildman–Crippen LogP) is -0.323. The van der Waals surface area contributed by atoms with E-state index in [1.165, 1.54) is 0 Å². The van der Waals surface area contributed by atoms with Gasteiger partial charge in [0.1, 0.15) is 74.8 Å². The van der Waals surface area contributed by atoms with Crippen LogP contribution in [0.3, 0.4) is 0 Å². The molecular formula is C27H32O12. The molecular weight excluding hydrogens is 516 g/mol. The SMILES string of the molecule is CCC(COC(=O)C1CC2OC1C1OC21)(COC(=O)C1CC2OC1C1OC21)COC(=O)C1CC2OC1C1OC21. The number of carbonyl (C=O) groups is 3. The molecule has 12 nitrogen and oxygen atoms in total. The van der Waals surface area contributed by atoms with Crippen LogP contribution in [0.25, 0.3) is 0 Å². The van der Waals surface area contributed by atoms with Crippen molar-refractivity contribution in [2.45, 2.75) is 106 Å². The highest BCUT2D eigenvalue weighted by Crippen LogP contribution is 2.53. The molecule has 0 aliphatic carbocycles. The number of epoxide rings is 3. The molecule has 9 aliphatic heterocycles. The third kappa shape index (κ3) is 3.54. The predicted molar refractivity (Wildman–Crippen MR) is 122 cm³/mol. The van der Waals surface area contributed by atoms with Crippen LogP contribution in [0.4, 0.5) is 0 Å². The van der Waals surface area contributed by atoms with Gasteiger partial charge in [-0.2, -0.15) is 0 Å². The number of hydrogen-bond acceptors (Lipinski definition) is 12. The van der Waals surface area contributed by atoms with Gasteiger partial charge >= 0.3 is 17.9 Å². The van der Waals surface area contributed by atoms with Crippen molar-refractivity contribution < 1.29 is 57.0 Å². The van der Waals surface area contributed by atoms with Gasteiger partial charge in [-0.1, -0.05) is 6.92 Å². The minimum absolute atomic E-state index is 0.0165. The van der Waals surface area contributed by atoms with E-state index >= 15 is 0 Å². The fourth-order valence-electron chi connectivity index (χ4n) is 7.98. The van der Waals surface area contributed by atoms with E-state index in [1.54, 1.807) is 0 Å². The molecule has 12 heteroatoms. The molecule has 0 aromatic carbocycles. The normalized spacial score (nSPS) is 53.0. The highest BCUT2D eigenvalue weighted by atomic mass is 16.7. The summed E-state index contributed by atoms with van der Waals surface area (Å²) in [6, 6.07) is 0. The fourth-order valence-corrected chi connectivity index (χ4v) is 7.98. The Morgan fingerprint density at radius 1 is 0.538 bits per heavy atom. The van der Waals surface area contributed by atoms with Gasteiger partial charge in [0.05, 0.1) is 41.5 Å². The van der Waals surface area contributed by atoms with E-state index in [2.05, 4.69) is 0 Å². The first-order valence-corrected chi connectivity index (χ1v) is 14.4. The number of hydrogen-bond donors (Lipinski definition) is 0. The van der Waals surface area contributed by atoms with Crippen molar-refractivity contribution in [3.05, 3.63) is 0 Å². The Morgan fingerprint density at radius 2 is 0.872 bits per heavy atom. The lowest BCUT2D eigenvalue weighted by Crippen LogP contribution is -2.43. The Hall–Kier alpha value is -1.83. The van der Waals surface area contributed by atoms with Gasteiger partial charge in [0.15, 0.2) is 0 Å². The molecule has 15 atom stereocenters. The van der Waals surface area contributed by atoms with E-state index in [-0.39, 0.29) is 129 Å². The average molecular weight is 549 g/mol. The quantitative estimate of drug-likeness (QED) is 0.200. The van der Waals surface area contributed by atoms with E-state index < -0.39 is 5.41 Å². The second kappa shape index (κ2) is 8.13. The summed E-state index contributed by atoms with van der Waals surface area (Å²) in [4.78, 5) is 39.2. The summed E-state index contributed by atoms with van der Waals surface area (Å²) < 4.78 is 51.8. The zero-order valence-corrected chi connectivity index (χ0v) is 21.5. The van der Waals surface area contributed by atoms with E-state index in [0.717, 1.165) is 0 Å². The van der Waals surface area contributed by atoms with Crippen molar-refractivity contribution in [1.82, 2.24) is 0 Å². The lowest BCUT2D eigenvalue weighted by molar-refractivity contribution is -0.169. The van der Waals surface area contributed by atoms with Crippen LogP contribution in [0.15, 0.2) is 0 Å². The summed E-state index contributed by atoms with van der Waals surface area (Å²) in [5, 5.41) is 0. The summed E-state index contributed by atoms with van der Waals surface area (Å²) in [7, 11) is 0. The Labute approximate surface area is 224 Å². The maximum atomic E-state index is 13.1. The van der Waals surface area contributed by atoms with Crippen LogP contribution in [0.2, 0.25) is 0 Å². The first kappa shape index (κ1) is 23.8. The van der Waals surface area contributed by atoms with Crippen LogP contribution in [0.1, 0.15) is 32.6 Å². The Kier molecular flexibility index (Phi) is 4.97. The fraction of sp³-hybridized carbons (Fsp3) is 0.889. The van der Waals surface area contributed by atoms with Gasteiger partial charge in [-0.25, -0.2) is 0 Å². The van der Waals surface area contributed by atoms with Crippen molar-refractivity contribution in [2.24, 2.45) is 23.2 Å². The zero-order chi connectivity index (χ0) is 26.2. The van der Waals surface area contributed by atoms with Gasteiger partial charge in [-0.15, -0.1) is 0 Å². The molecule has 212 valence electrons. The number of ether oxygens (including phenoxy) is 9. The maximum Gasteiger partial charge on any atom is 0.311 e. The number of esters is 3. The molecule has 0 N–H and O–H groups in total. The van der Waals surface area contributed by atoms with Crippen molar-refractivity contribution in [2.75, 3.05) is 19.8 Å². The van der Waals surface area contributed by atoms with Crippen molar-refractivity contribution in [3.8, 4) is 0 Å². The second-order valence-corrected chi connectivity index (χ2v) is 12.8. The molecule has 0 radical (unpaired) electrons. The summed E-state index contributed by atoms with van der Waals surface area (Å²) in [5.74, 6) is -2.22. The van der Waals surface area contributed by atoms with Gasteiger partial charge in [0, 0.05) is 0 Å². The van der Waals surface area contributed by atoms with E-state index in [4.69, 9.17) is 42.6 Å². The van der Waals surface area contributed by atoms with Crippen LogP contribution in [-0.2, 0) is 57.0 Å². The molecule has 0 spiro atoms. The number of fused-ring (bicyclic) bond motifs is 15. The molecule has 0 aromatic heterocycles. The van der Waals surface area contributed by atoms with Gasteiger partial charge in [0.2, 0.25) is 0 Å². The van der Waals surface area contributed by atoms with Crippen molar-refractivity contribution in [1.29, 1.82) is 0 Å². The highest BCUT2D eigenvalue weighted by molar-refractivity contribution is 5.76. The van der Waals surface area contributed by atoms with Crippen LogP contribution in [-0.4, -0.2) is 111 Å². The van der Waals surface area contributed by atoms with Gasteiger partial charge < -0.3 is 42.6 Å². The number of carbonyl (C=O) groups excluding carboxylic acids is 3. The molecule has 6 bridgehead atoms. The molecule has 0 amide bonds. The zero-order valence-electron chi connectivity index (χ0n) is 21.5. The number of rotatable bonds is 10. The van der Waals surface area contributed by atoms with Crippen LogP contribution in [0, 0.1) is 23.2 Å². The minimum atomic E-state index is -0.897. The third-order valence-corrected chi connectivity index (χ3v) is 10.6. The van der Waals surface area contributed by atoms with Crippen LogP contribution < -0.4 is 0 Å². The van der Waals surface area contributed by atoms with Crippen LogP contribution in [0.5, 0.6) is 0 Å². The topological polar surface area (TPSA) is 144 Å². The molecule has 15 unspecified atom stereocenters. The van der Waals surface area contributed by atoms with Crippen molar-refractivity contribution >= 4 is 17.9 Å². The standard InChI is InChI=1S/C27H32O12/c1-2-27(6-31-24(28)9-3-12-18-21(37-18)15(9)34-12,7-32-25(29)10-4-13-19-22(38-19)16(10)35-13)8-33-26(30)11-5-14-20-23(39-20)17(11)36-14/h9-23H,2-8H2,1H3. The molecule has 0 saturated carbocycles. The Morgan fingerprint density at radius 3 is 1.13 bits per heavy atom. The molecule has 0 aromatic rings. The molecule has 39 heavy (non-hydrogen) atoms. The van der Waals surface area contributed by atoms with Gasteiger partial charge in [-0.05, 0) is 25.7 Å². The van der Waals surface area contributed by atoms with E-state index in [1.807, 2.05) is 6.92 Å². The molecule has 9 aliphatic rings. The highest BCUT2D eigenvalue weighted by Gasteiger charge is 2.69. The smallest absolute Gasteiger partial charge is 0.311 e. The Bertz CT molecular complexity index is 979. The molecule has 9 saturated heterocycles. The van der Waals surface area contributed by atoms with Gasteiger partial charge in [0.25, 0.3) is 0 Å². The van der Waals surface area contributed by atoms with Gasteiger partial charge in [-0.3, -0.25) is 14.4 Å². The summed E-state index contributed by atoms with van der Waals surface area (Å²) in [6.45, 7) is 1.76. The third-order valence-electron chi connectivity index (χ3n) is 10.6. The molecule has 9 rings (SSSR count). The van der Waals surface area contributed by atoms with E-state index in [0.29, 0.717) is 25.7 Å². The average Bonchev–Trinajstić information content (AvgIpc) is 3.90. The van der Waals surface area contributed by atoms with E-state index in [9.17, 15) is 14.4 Å². The first-order valence-electron chi connectivity index (χ1n) is 14.4. The molecule has 9 heterocycles. The second-order valence-electron chi connectivity index (χ2n) is 12.8. The first-order chi connectivity index (χ1) is 18.9. The summed E-state index contributed by atoms with van der Waals surface area (Å²) >= 11 is 0. The summed E-state index contributed by atoms with van der Waals surface area (Å²) in [5.41, 5.74) is -0.897. The Balaban J connectivity index is 0.866. The van der Waals surface area contributed by atoms with Crippen molar-refractivity contribution in [3.63, 3.8) is 0 Å². The minimum Gasteiger partial charge on any atom is -0.465 e. The summed E-state index contributed by atoms with van der Waals surface area (Å²) in [6.07, 6.45) is 1.56. The largest absolute Gasteiger partial charge is 0.465 e.